The van der Waals surface area contributed by atoms with Crippen LogP contribution in [0, 0.1) is 0 Å². The zero-order chi connectivity index (χ0) is 9.26. The molecule has 2 rings (SSSR count). The van der Waals surface area contributed by atoms with E-state index in [-0.39, 0.29) is 6.04 Å². The van der Waals surface area contributed by atoms with Gasteiger partial charge in [0, 0.05) is 29.5 Å². The molecule has 1 aromatic rings. The molecule has 1 aliphatic heterocycles. The Hall–Kier alpha value is -0.450. The van der Waals surface area contributed by atoms with E-state index in [1.807, 2.05) is 6.20 Å². The summed E-state index contributed by atoms with van der Waals surface area (Å²) in [6.45, 7) is 1.36. The molecule has 13 heavy (non-hydrogen) atoms. The average Bonchev–Trinajstić information content (AvgIpc) is 2.30. The predicted octanol–water partition coefficient (Wildman–Crippen LogP) is 1.76. The van der Waals surface area contributed by atoms with Gasteiger partial charge in [-0.3, -0.25) is 4.98 Å². The van der Waals surface area contributed by atoms with Crippen molar-refractivity contribution in [3.8, 4) is 0 Å². The van der Waals surface area contributed by atoms with Gasteiger partial charge in [0.05, 0.1) is 6.61 Å². The zero-order valence-electron chi connectivity index (χ0n) is 7.16. The van der Waals surface area contributed by atoms with Crippen molar-refractivity contribution in [1.82, 2.24) is 4.98 Å². The summed E-state index contributed by atoms with van der Waals surface area (Å²) < 4.78 is 6.42. The van der Waals surface area contributed by atoms with Crippen molar-refractivity contribution in [1.29, 1.82) is 0 Å². The molecule has 0 amide bonds. The van der Waals surface area contributed by atoms with Gasteiger partial charge in [0.2, 0.25) is 0 Å². The van der Waals surface area contributed by atoms with E-state index in [1.165, 1.54) is 0 Å². The van der Waals surface area contributed by atoms with Crippen LogP contribution in [0.5, 0.6) is 0 Å². The molecule has 0 aliphatic carbocycles. The Morgan fingerprint density at radius 3 is 3.23 bits per heavy atom. The van der Waals surface area contributed by atoms with Crippen LogP contribution in [0.2, 0.25) is 0 Å². The Bertz CT molecular complexity index is 316. The first-order valence-corrected chi connectivity index (χ1v) is 5.04. The molecule has 0 aromatic carbocycles. The van der Waals surface area contributed by atoms with Crippen molar-refractivity contribution in [2.24, 2.45) is 5.73 Å². The number of pyridine rings is 1. The van der Waals surface area contributed by atoms with Crippen LogP contribution in [0.4, 0.5) is 0 Å². The van der Waals surface area contributed by atoms with Gasteiger partial charge in [-0.05, 0) is 33.5 Å². The Labute approximate surface area is 85.4 Å². The van der Waals surface area contributed by atoms with E-state index in [4.69, 9.17) is 10.5 Å². The second kappa shape index (κ2) is 3.74. The van der Waals surface area contributed by atoms with Gasteiger partial charge in [-0.25, -0.2) is 0 Å². The third kappa shape index (κ3) is 1.75. The minimum Gasteiger partial charge on any atom is -0.377 e. The van der Waals surface area contributed by atoms with Crippen molar-refractivity contribution in [2.45, 2.75) is 19.1 Å². The van der Waals surface area contributed by atoms with Crippen LogP contribution in [0.3, 0.4) is 0 Å². The molecule has 1 aliphatic rings. The first-order valence-electron chi connectivity index (χ1n) is 4.24. The molecule has 0 radical (unpaired) electrons. The maximum absolute atomic E-state index is 5.97. The quantitative estimate of drug-likeness (QED) is 0.755. The number of fused-ring (bicyclic) bond motifs is 1. The normalized spacial score (nSPS) is 22.2. The van der Waals surface area contributed by atoms with Gasteiger partial charge in [-0.2, -0.15) is 0 Å². The zero-order valence-corrected chi connectivity index (χ0v) is 8.75. The number of halogens is 1. The van der Waals surface area contributed by atoms with Crippen LogP contribution in [-0.2, 0) is 11.3 Å². The standard InChI is InChI=1S/C9H11BrN2O/c10-8-4-12-3-6-7(8)5-13-2-1-9(6)11/h3-4,9H,1-2,5,11H2. The fourth-order valence-corrected chi connectivity index (χ4v) is 1.95. The molecule has 70 valence electrons. The lowest BCUT2D eigenvalue weighted by molar-refractivity contribution is 0.121. The van der Waals surface area contributed by atoms with E-state index in [2.05, 4.69) is 20.9 Å². The van der Waals surface area contributed by atoms with Gasteiger partial charge in [0.1, 0.15) is 0 Å². The molecular weight excluding hydrogens is 232 g/mol. The Balaban J connectivity index is 2.47. The minimum atomic E-state index is 0.0579. The monoisotopic (exact) mass is 242 g/mol. The van der Waals surface area contributed by atoms with Crippen molar-refractivity contribution < 1.29 is 4.74 Å². The van der Waals surface area contributed by atoms with E-state index < -0.39 is 0 Å². The summed E-state index contributed by atoms with van der Waals surface area (Å²) in [5.41, 5.74) is 8.22. The molecule has 0 fully saturated rings. The second-order valence-electron chi connectivity index (χ2n) is 3.14. The molecular formula is C9H11BrN2O. The highest BCUT2D eigenvalue weighted by Crippen LogP contribution is 2.27. The molecule has 0 spiro atoms. The first kappa shape index (κ1) is 9.12. The number of nitrogens with zero attached hydrogens (tertiary/aromatic N) is 1. The van der Waals surface area contributed by atoms with Gasteiger partial charge < -0.3 is 10.5 Å². The topological polar surface area (TPSA) is 48.1 Å². The van der Waals surface area contributed by atoms with Gasteiger partial charge in [0.25, 0.3) is 0 Å². The Morgan fingerprint density at radius 1 is 1.54 bits per heavy atom. The third-order valence-corrected chi connectivity index (χ3v) is 2.94. The highest BCUT2D eigenvalue weighted by atomic mass is 79.9. The Morgan fingerprint density at radius 2 is 2.38 bits per heavy atom. The largest absolute Gasteiger partial charge is 0.377 e. The fraction of sp³-hybridized carbons (Fsp3) is 0.444. The van der Waals surface area contributed by atoms with Crippen LogP contribution in [-0.4, -0.2) is 11.6 Å². The van der Waals surface area contributed by atoms with Gasteiger partial charge in [-0.1, -0.05) is 0 Å². The summed E-state index contributed by atoms with van der Waals surface area (Å²) in [6.07, 6.45) is 4.48. The maximum atomic E-state index is 5.97. The third-order valence-electron chi connectivity index (χ3n) is 2.26. The molecule has 0 saturated heterocycles. The smallest absolute Gasteiger partial charge is 0.0732 e. The SMILES string of the molecule is NC1CCOCc2c(Br)cncc21. The lowest BCUT2D eigenvalue weighted by Crippen LogP contribution is -2.12. The van der Waals surface area contributed by atoms with Crippen LogP contribution >= 0.6 is 15.9 Å². The van der Waals surface area contributed by atoms with Crippen molar-refractivity contribution in [3.63, 3.8) is 0 Å². The van der Waals surface area contributed by atoms with Crippen LogP contribution in [0.25, 0.3) is 0 Å². The van der Waals surface area contributed by atoms with Crippen molar-refractivity contribution >= 4 is 15.9 Å². The molecule has 3 nitrogen and oxygen atoms in total. The first-order chi connectivity index (χ1) is 6.29. The molecule has 2 heterocycles. The molecule has 0 saturated carbocycles. The lowest BCUT2D eigenvalue weighted by Gasteiger charge is -2.11. The molecule has 2 N–H and O–H groups in total. The summed E-state index contributed by atoms with van der Waals surface area (Å²) in [5.74, 6) is 0. The van der Waals surface area contributed by atoms with Crippen LogP contribution in [0.15, 0.2) is 16.9 Å². The van der Waals surface area contributed by atoms with Crippen molar-refractivity contribution in [2.75, 3.05) is 6.61 Å². The second-order valence-corrected chi connectivity index (χ2v) is 3.99. The number of nitrogens with two attached hydrogens (primary N) is 1. The summed E-state index contributed by atoms with van der Waals surface area (Å²) >= 11 is 3.45. The minimum absolute atomic E-state index is 0.0579. The molecule has 1 unspecified atom stereocenters. The summed E-state index contributed by atoms with van der Waals surface area (Å²) in [6, 6.07) is 0.0579. The average molecular weight is 243 g/mol. The summed E-state index contributed by atoms with van der Waals surface area (Å²) in [4.78, 5) is 4.11. The number of hydrogen-bond donors (Lipinski definition) is 1. The van der Waals surface area contributed by atoms with Gasteiger partial charge in [-0.15, -0.1) is 0 Å². The highest BCUT2D eigenvalue weighted by molar-refractivity contribution is 9.10. The number of aromatic nitrogens is 1. The van der Waals surface area contributed by atoms with E-state index in [0.717, 1.165) is 28.6 Å². The summed E-state index contributed by atoms with van der Waals surface area (Å²) in [5, 5.41) is 0. The molecule has 1 aromatic heterocycles. The summed E-state index contributed by atoms with van der Waals surface area (Å²) in [7, 11) is 0. The predicted molar refractivity (Wildman–Crippen MR) is 53.1 cm³/mol. The van der Waals surface area contributed by atoms with E-state index in [9.17, 15) is 0 Å². The van der Waals surface area contributed by atoms with Gasteiger partial charge in [0.15, 0.2) is 0 Å². The Kier molecular flexibility index (Phi) is 2.62. The number of rotatable bonds is 0. The highest BCUT2D eigenvalue weighted by Gasteiger charge is 2.17. The molecule has 4 heteroatoms. The van der Waals surface area contributed by atoms with E-state index in [0.29, 0.717) is 6.61 Å². The number of ether oxygens (including phenoxy) is 1. The fourth-order valence-electron chi connectivity index (χ4n) is 1.49. The van der Waals surface area contributed by atoms with Crippen LogP contribution < -0.4 is 5.73 Å². The molecule has 0 bridgehead atoms. The van der Waals surface area contributed by atoms with Crippen LogP contribution in [0.1, 0.15) is 23.6 Å². The van der Waals surface area contributed by atoms with E-state index >= 15 is 0 Å². The number of hydrogen-bond acceptors (Lipinski definition) is 3. The van der Waals surface area contributed by atoms with Gasteiger partial charge >= 0.3 is 0 Å². The lowest BCUT2D eigenvalue weighted by atomic mass is 10.0. The molecule has 1 atom stereocenters. The van der Waals surface area contributed by atoms with Crippen molar-refractivity contribution in [3.05, 3.63) is 28.0 Å². The van der Waals surface area contributed by atoms with E-state index in [1.54, 1.807) is 6.20 Å². The maximum Gasteiger partial charge on any atom is 0.0732 e.